The second kappa shape index (κ2) is 6.27. The van der Waals surface area contributed by atoms with Gasteiger partial charge in [0, 0.05) is 13.2 Å². The van der Waals surface area contributed by atoms with Crippen LogP contribution in [0.3, 0.4) is 0 Å². The van der Waals surface area contributed by atoms with Crippen LogP contribution in [0, 0.1) is 6.92 Å². The number of carbonyl (C=O) groups excluding carboxylic acids is 1. The number of rotatable bonds is 6. The van der Waals surface area contributed by atoms with Gasteiger partial charge in [-0.05, 0) is 20.8 Å². The lowest BCUT2D eigenvalue weighted by molar-refractivity contribution is 0.0509. The fourth-order valence-corrected chi connectivity index (χ4v) is 1.42. The lowest BCUT2D eigenvalue weighted by atomic mass is 10.3. The van der Waals surface area contributed by atoms with Crippen molar-refractivity contribution >= 4 is 5.97 Å². The molecule has 1 aromatic rings. The Hall–Kier alpha value is -1.36. The highest BCUT2D eigenvalue weighted by molar-refractivity contribution is 5.88. The molecular weight excluding hydrogens is 208 g/mol. The minimum absolute atomic E-state index is 0.325. The van der Waals surface area contributed by atoms with Gasteiger partial charge in [0.25, 0.3) is 0 Å². The van der Waals surface area contributed by atoms with Gasteiger partial charge in [-0.25, -0.2) is 9.78 Å². The standard InChI is InChI=1S/C11H18N2O3/c1-4-15-7-6-13-8-12-9(3)10(13)11(14)16-5-2/h8H,4-7H2,1-3H3. The van der Waals surface area contributed by atoms with E-state index in [0.717, 1.165) is 0 Å². The highest BCUT2D eigenvalue weighted by atomic mass is 16.5. The summed E-state index contributed by atoms with van der Waals surface area (Å²) in [7, 11) is 0. The summed E-state index contributed by atoms with van der Waals surface area (Å²) >= 11 is 0. The van der Waals surface area contributed by atoms with Gasteiger partial charge in [-0.3, -0.25) is 0 Å². The van der Waals surface area contributed by atoms with E-state index >= 15 is 0 Å². The van der Waals surface area contributed by atoms with E-state index in [4.69, 9.17) is 9.47 Å². The maximum Gasteiger partial charge on any atom is 0.356 e. The third-order valence-electron chi connectivity index (χ3n) is 2.17. The van der Waals surface area contributed by atoms with Crippen molar-refractivity contribution in [3.05, 3.63) is 17.7 Å². The third kappa shape index (κ3) is 3.06. The van der Waals surface area contributed by atoms with Gasteiger partial charge in [0.05, 0.1) is 25.2 Å². The first-order valence-electron chi connectivity index (χ1n) is 5.47. The molecule has 0 N–H and O–H groups in total. The Morgan fingerprint density at radius 1 is 1.44 bits per heavy atom. The first-order chi connectivity index (χ1) is 7.70. The second-order valence-electron chi connectivity index (χ2n) is 3.29. The smallest absolute Gasteiger partial charge is 0.356 e. The van der Waals surface area contributed by atoms with Crippen molar-refractivity contribution in [1.82, 2.24) is 9.55 Å². The van der Waals surface area contributed by atoms with Gasteiger partial charge < -0.3 is 14.0 Å². The molecule has 0 amide bonds. The molecule has 0 unspecified atom stereocenters. The average molecular weight is 226 g/mol. The monoisotopic (exact) mass is 226 g/mol. The number of esters is 1. The molecule has 0 radical (unpaired) electrons. The van der Waals surface area contributed by atoms with E-state index in [2.05, 4.69) is 4.98 Å². The minimum Gasteiger partial charge on any atom is -0.461 e. The van der Waals surface area contributed by atoms with Crippen molar-refractivity contribution in [2.24, 2.45) is 0 Å². The highest BCUT2D eigenvalue weighted by Crippen LogP contribution is 2.08. The summed E-state index contributed by atoms with van der Waals surface area (Å²) in [6, 6.07) is 0. The summed E-state index contributed by atoms with van der Waals surface area (Å²) in [6.07, 6.45) is 1.64. The second-order valence-corrected chi connectivity index (χ2v) is 3.29. The first kappa shape index (κ1) is 12.7. The van der Waals surface area contributed by atoms with E-state index < -0.39 is 0 Å². The Kier molecular flexibility index (Phi) is 4.98. The molecule has 16 heavy (non-hydrogen) atoms. The zero-order valence-corrected chi connectivity index (χ0v) is 10.0. The van der Waals surface area contributed by atoms with Crippen molar-refractivity contribution < 1.29 is 14.3 Å². The van der Waals surface area contributed by atoms with Crippen LogP contribution < -0.4 is 0 Å². The van der Waals surface area contributed by atoms with Gasteiger partial charge in [0.1, 0.15) is 5.69 Å². The molecule has 0 spiro atoms. The van der Waals surface area contributed by atoms with Crippen LogP contribution in [0.15, 0.2) is 6.33 Å². The van der Waals surface area contributed by atoms with E-state index in [1.165, 1.54) is 0 Å². The van der Waals surface area contributed by atoms with E-state index in [0.29, 0.717) is 37.8 Å². The largest absolute Gasteiger partial charge is 0.461 e. The van der Waals surface area contributed by atoms with Crippen molar-refractivity contribution in [3.63, 3.8) is 0 Å². The summed E-state index contributed by atoms with van der Waals surface area (Å²) in [5.74, 6) is -0.325. The van der Waals surface area contributed by atoms with Gasteiger partial charge in [-0.15, -0.1) is 0 Å². The third-order valence-corrected chi connectivity index (χ3v) is 2.17. The van der Waals surface area contributed by atoms with Gasteiger partial charge >= 0.3 is 5.97 Å². The molecule has 0 saturated heterocycles. The van der Waals surface area contributed by atoms with E-state index in [-0.39, 0.29) is 5.97 Å². The Bertz CT molecular complexity index is 347. The number of aryl methyl sites for hydroxylation is 1. The first-order valence-corrected chi connectivity index (χ1v) is 5.47. The number of ether oxygens (including phenoxy) is 2. The Morgan fingerprint density at radius 3 is 2.81 bits per heavy atom. The zero-order chi connectivity index (χ0) is 12.0. The van der Waals surface area contributed by atoms with Gasteiger partial charge in [-0.2, -0.15) is 0 Å². The molecule has 0 aliphatic carbocycles. The topological polar surface area (TPSA) is 53.4 Å². The molecule has 0 aliphatic heterocycles. The number of nitrogens with zero attached hydrogens (tertiary/aromatic N) is 2. The molecular formula is C11H18N2O3. The van der Waals surface area contributed by atoms with Gasteiger partial charge in [0.2, 0.25) is 0 Å². The van der Waals surface area contributed by atoms with Crippen LogP contribution in [0.1, 0.15) is 30.0 Å². The number of carbonyl (C=O) groups is 1. The molecule has 1 rings (SSSR count). The molecule has 0 saturated carbocycles. The number of hydrogen-bond acceptors (Lipinski definition) is 4. The van der Waals surface area contributed by atoms with Crippen molar-refractivity contribution in [2.45, 2.75) is 27.3 Å². The predicted molar refractivity (Wildman–Crippen MR) is 59.4 cm³/mol. The van der Waals surface area contributed by atoms with Crippen LogP contribution in [-0.2, 0) is 16.0 Å². The molecule has 0 fully saturated rings. The van der Waals surface area contributed by atoms with E-state index in [1.54, 1.807) is 24.7 Å². The summed E-state index contributed by atoms with van der Waals surface area (Å²) in [6.45, 7) is 7.74. The average Bonchev–Trinajstić information content (AvgIpc) is 2.61. The quantitative estimate of drug-likeness (QED) is 0.543. The van der Waals surface area contributed by atoms with Crippen LogP contribution in [0.4, 0.5) is 0 Å². The van der Waals surface area contributed by atoms with Crippen molar-refractivity contribution in [2.75, 3.05) is 19.8 Å². The summed E-state index contributed by atoms with van der Waals surface area (Å²) in [5.41, 5.74) is 1.21. The molecule has 1 heterocycles. The predicted octanol–water partition coefficient (Wildman–Crippen LogP) is 1.40. The summed E-state index contributed by atoms with van der Waals surface area (Å²) in [5, 5.41) is 0. The van der Waals surface area contributed by atoms with Crippen LogP contribution in [0.2, 0.25) is 0 Å². The lowest BCUT2D eigenvalue weighted by Gasteiger charge is -2.08. The Morgan fingerprint density at radius 2 is 2.19 bits per heavy atom. The molecule has 1 aromatic heterocycles. The van der Waals surface area contributed by atoms with Crippen molar-refractivity contribution in [3.8, 4) is 0 Å². The van der Waals surface area contributed by atoms with E-state index in [1.807, 2.05) is 6.92 Å². The minimum atomic E-state index is -0.325. The molecule has 5 heteroatoms. The fraction of sp³-hybridized carbons (Fsp3) is 0.636. The highest BCUT2D eigenvalue weighted by Gasteiger charge is 2.16. The Labute approximate surface area is 95.4 Å². The summed E-state index contributed by atoms with van der Waals surface area (Å²) in [4.78, 5) is 15.8. The van der Waals surface area contributed by atoms with Crippen molar-refractivity contribution in [1.29, 1.82) is 0 Å². The normalized spacial score (nSPS) is 10.4. The molecule has 0 bridgehead atoms. The van der Waals surface area contributed by atoms with Gasteiger partial charge in [0.15, 0.2) is 0 Å². The molecule has 5 nitrogen and oxygen atoms in total. The summed E-state index contributed by atoms with van der Waals surface area (Å²) < 4.78 is 12.0. The molecule has 0 aromatic carbocycles. The maximum absolute atomic E-state index is 11.7. The SMILES string of the molecule is CCOCCn1cnc(C)c1C(=O)OCC. The fourth-order valence-electron chi connectivity index (χ4n) is 1.42. The van der Waals surface area contributed by atoms with Crippen LogP contribution in [-0.4, -0.2) is 35.3 Å². The van der Waals surface area contributed by atoms with Crippen LogP contribution in [0.25, 0.3) is 0 Å². The lowest BCUT2D eigenvalue weighted by Crippen LogP contribution is -2.15. The molecule has 0 atom stereocenters. The molecule has 90 valence electrons. The maximum atomic E-state index is 11.7. The number of imidazole rings is 1. The Balaban J connectivity index is 2.73. The van der Waals surface area contributed by atoms with Crippen LogP contribution >= 0.6 is 0 Å². The number of hydrogen-bond donors (Lipinski definition) is 0. The zero-order valence-electron chi connectivity index (χ0n) is 10.0. The van der Waals surface area contributed by atoms with E-state index in [9.17, 15) is 4.79 Å². The van der Waals surface area contributed by atoms with Crippen LogP contribution in [0.5, 0.6) is 0 Å². The number of aromatic nitrogens is 2. The van der Waals surface area contributed by atoms with Gasteiger partial charge in [-0.1, -0.05) is 0 Å². The molecule has 0 aliphatic rings.